The maximum atomic E-state index is 12.7. The molecule has 0 unspecified atom stereocenters. The predicted molar refractivity (Wildman–Crippen MR) is 111 cm³/mol. The molecule has 0 bridgehead atoms. The number of amides is 1. The van der Waals surface area contributed by atoms with E-state index in [-0.39, 0.29) is 12.5 Å². The average Bonchev–Trinajstić information content (AvgIpc) is 3.02. The summed E-state index contributed by atoms with van der Waals surface area (Å²) in [5.41, 5.74) is 2.25. The molecule has 1 heterocycles. The van der Waals surface area contributed by atoms with Crippen LogP contribution in [0.4, 0.5) is 5.69 Å². The number of methoxy groups -OCH3 is 1. The zero-order valence-corrected chi connectivity index (χ0v) is 16.8. The van der Waals surface area contributed by atoms with E-state index in [0.717, 1.165) is 15.9 Å². The van der Waals surface area contributed by atoms with Crippen LogP contribution in [0.5, 0.6) is 5.75 Å². The summed E-state index contributed by atoms with van der Waals surface area (Å²) >= 11 is 7.64. The van der Waals surface area contributed by atoms with E-state index in [9.17, 15) is 4.79 Å². The summed E-state index contributed by atoms with van der Waals surface area (Å²) in [7, 11) is 5.46. The number of benzene rings is 2. The van der Waals surface area contributed by atoms with Crippen molar-refractivity contribution in [2.75, 3.05) is 26.1 Å². The zero-order chi connectivity index (χ0) is 19.6. The zero-order valence-electron chi connectivity index (χ0n) is 15.2. The van der Waals surface area contributed by atoms with Gasteiger partial charge in [0.25, 0.3) is 5.91 Å². The molecule has 0 fully saturated rings. The minimum atomic E-state index is -0.340. The number of carbonyl (C=O) groups is 1. The lowest BCUT2D eigenvalue weighted by molar-refractivity contribution is 0.0998. The number of nitrogens with zero attached hydrogens (tertiary/aromatic N) is 3. The number of anilines is 1. The van der Waals surface area contributed by atoms with Gasteiger partial charge in [-0.2, -0.15) is 4.99 Å². The topological polar surface area (TPSA) is 46.8 Å². The molecule has 138 valence electrons. The number of hydrogen-bond donors (Lipinski definition) is 0. The van der Waals surface area contributed by atoms with Gasteiger partial charge in [-0.25, -0.2) is 0 Å². The van der Waals surface area contributed by atoms with Crippen LogP contribution in [0.3, 0.4) is 0 Å². The number of ether oxygens (including phenoxy) is 1. The van der Waals surface area contributed by atoms with Gasteiger partial charge >= 0.3 is 0 Å². The Morgan fingerprint density at radius 1 is 1.30 bits per heavy atom. The van der Waals surface area contributed by atoms with Gasteiger partial charge in [0.2, 0.25) is 0 Å². The van der Waals surface area contributed by atoms with E-state index in [1.807, 2.05) is 31.1 Å². The molecule has 0 aliphatic heterocycles. The van der Waals surface area contributed by atoms with E-state index in [1.165, 1.54) is 11.3 Å². The fourth-order valence-corrected chi connectivity index (χ4v) is 3.98. The van der Waals surface area contributed by atoms with Crippen LogP contribution in [0.25, 0.3) is 10.2 Å². The fraction of sp³-hybridized carbons (Fsp3) is 0.200. The maximum Gasteiger partial charge on any atom is 0.279 e. The predicted octanol–water partition coefficient (Wildman–Crippen LogP) is 3.81. The third-order valence-corrected chi connectivity index (χ3v) is 5.58. The molecule has 27 heavy (non-hydrogen) atoms. The van der Waals surface area contributed by atoms with Crippen LogP contribution in [0.2, 0.25) is 5.02 Å². The van der Waals surface area contributed by atoms with E-state index in [4.69, 9.17) is 22.8 Å². The standard InChI is InChI=1S/C20H18ClN3O2S/c1-5-12-24-17-16(26-4)11-10-15(21)18(17)27-20(24)22-19(25)13-6-8-14(9-7-13)23(2)3/h1,6-11H,12H2,2-4H3. The van der Waals surface area contributed by atoms with Crippen LogP contribution in [-0.2, 0) is 6.54 Å². The van der Waals surface area contributed by atoms with Gasteiger partial charge in [0.15, 0.2) is 4.80 Å². The van der Waals surface area contributed by atoms with Crippen molar-refractivity contribution in [3.8, 4) is 18.1 Å². The van der Waals surface area contributed by atoms with Gasteiger partial charge in [-0.3, -0.25) is 4.79 Å². The second-order valence-electron chi connectivity index (χ2n) is 5.96. The number of carbonyl (C=O) groups excluding carboxylic acids is 1. The highest BCUT2D eigenvalue weighted by Gasteiger charge is 2.15. The highest BCUT2D eigenvalue weighted by molar-refractivity contribution is 7.17. The fourth-order valence-electron chi connectivity index (χ4n) is 2.66. The summed E-state index contributed by atoms with van der Waals surface area (Å²) in [6, 6.07) is 10.8. The molecule has 1 amide bonds. The van der Waals surface area contributed by atoms with Gasteiger partial charge < -0.3 is 14.2 Å². The number of hydrogen-bond acceptors (Lipinski definition) is 4. The normalized spacial score (nSPS) is 11.4. The van der Waals surface area contributed by atoms with E-state index < -0.39 is 0 Å². The van der Waals surface area contributed by atoms with Crippen molar-refractivity contribution in [2.45, 2.75) is 6.54 Å². The minimum Gasteiger partial charge on any atom is -0.495 e. The van der Waals surface area contributed by atoms with Crippen LogP contribution in [0.15, 0.2) is 41.4 Å². The molecule has 0 saturated carbocycles. The van der Waals surface area contributed by atoms with Gasteiger partial charge in [0, 0.05) is 25.3 Å². The second-order valence-corrected chi connectivity index (χ2v) is 7.35. The van der Waals surface area contributed by atoms with E-state index >= 15 is 0 Å². The van der Waals surface area contributed by atoms with Crippen molar-refractivity contribution in [1.29, 1.82) is 0 Å². The van der Waals surface area contributed by atoms with E-state index in [1.54, 1.807) is 35.9 Å². The molecule has 3 aromatic rings. The molecule has 0 N–H and O–H groups in total. The van der Waals surface area contributed by atoms with Crippen molar-refractivity contribution in [1.82, 2.24) is 4.57 Å². The number of aromatic nitrogens is 1. The first-order valence-corrected chi connectivity index (χ1v) is 9.31. The first-order valence-electron chi connectivity index (χ1n) is 8.12. The van der Waals surface area contributed by atoms with Crippen molar-refractivity contribution < 1.29 is 9.53 Å². The van der Waals surface area contributed by atoms with E-state index in [2.05, 4.69) is 10.9 Å². The summed E-state index contributed by atoms with van der Waals surface area (Å²) in [6.07, 6.45) is 5.52. The minimum absolute atomic E-state index is 0.252. The molecular weight excluding hydrogens is 382 g/mol. The average molecular weight is 400 g/mol. The SMILES string of the molecule is C#CCn1c(=NC(=O)c2ccc(N(C)C)cc2)sc2c(Cl)ccc(OC)c21. The van der Waals surface area contributed by atoms with Crippen LogP contribution < -0.4 is 14.4 Å². The number of thiazole rings is 1. The van der Waals surface area contributed by atoms with Crippen LogP contribution >= 0.6 is 22.9 Å². The van der Waals surface area contributed by atoms with Gasteiger partial charge in [0.1, 0.15) is 11.3 Å². The molecule has 0 aliphatic carbocycles. The van der Waals surface area contributed by atoms with E-state index in [0.29, 0.717) is 21.1 Å². The van der Waals surface area contributed by atoms with Crippen LogP contribution in [0, 0.1) is 12.3 Å². The Morgan fingerprint density at radius 2 is 2.00 bits per heavy atom. The van der Waals surface area contributed by atoms with Gasteiger partial charge in [0.05, 0.1) is 23.4 Å². The van der Waals surface area contributed by atoms with Crippen molar-refractivity contribution >= 4 is 44.7 Å². The lowest BCUT2D eigenvalue weighted by Gasteiger charge is -2.11. The first kappa shape index (κ1) is 19.0. The lowest BCUT2D eigenvalue weighted by atomic mass is 10.2. The quantitative estimate of drug-likeness (QED) is 0.627. The number of fused-ring (bicyclic) bond motifs is 1. The summed E-state index contributed by atoms with van der Waals surface area (Å²) < 4.78 is 7.99. The number of rotatable bonds is 4. The number of halogens is 1. The summed E-state index contributed by atoms with van der Waals surface area (Å²) in [6.45, 7) is 0.252. The molecule has 0 radical (unpaired) electrons. The highest BCUT2D eigenvalue weighted by atomic mass is 35.5. The highest BCUT2D eigenvalue weighted by Crippen LogP contribution is 2.33. The molecule has 0 atom stereocenters. The Bertz CT molecular complexity index is 1110. The molecule has 2 aromatic carbocycles. The monoisotopic (exact) mass is 399 g/mol. The number of terminal acetylenes is 1. The van der Waals surface area contributed by atoms with Crippen molar-refractivity contribution in [3.05, 3.63) is 51.8 Å². The Kier molecular flexibility index (Phi) is 5.54. The second kappa shape index (κ2) is 7.87. The smallest absolute Gasteiger partial charge is 0.279 e. The lowest BCUT2D eigenvalue weighted by Crippen LogP contribution is -2.17. The summed E-state index contributed by atoms with van der Waals surface area (Å²) in [5.74, 6) is 2.89. The molecule has 0 aliphatic rings. The summed E-state index contributed by atoms with van der Waals surface area (Å²) in [5, 5.41) is 0.561. The first-order chi connectivity index (χ1) is 13.0. The molecule has 5 nitrogen and oxygen atoms in total. The van der Waals surface area contributed by atoms with Gasteiger partial charge in [-0.1, -0.05) is 28.9 Å². The Balaban J connectivity index is 2.15. The molecule has 0 saturated heterocycles. The van der Waals surface area contributed by atoms with Gasteiger partial charge in [-0.05, 0) is 36.4 Å². The maximum absolute atomic E-state index is 12.7. The Hall–Kier alpha value is -2.75. The largest absolute Gasteiger partial charge is 0.495 e. The molecular formula is C20H18ClN3O2S. The third-order valence-electron chi connectivity index (χ3n) is 4.04. The van der Waals surface area contributed by atoms with Crippen molar-refractivity contribution in [3.63, 3.8) is 0 Å². The Morgan fingerprint density at radius 3 is 2.59 bits per heavy atom. The van der Waals surface area contributed by atoms with Crippen LogP contribution in [-0.4, -0.2) is 31.7 Å². The molecule has 3 rings (SSSR count). The third kappa shape index (κ3) is 3.70. The molecule has 7 heteroatoms. The summed E-state index contributed by atoms with van der Waals surface area (Å²) in [4.78, 5) is 19.4. The van der Waals surface area contributed by atoms with Crippen molar-refractivity contribution in [2.24, 2.45) is 4.99 Å². The van der Waals surface area contributed by atoms with Crippen LogP contribution in [0.1, 0.15) is 10.4 Å². The van der Waals surface area contributed by atoms with Gasteiger partial charge in [-0.15, -0.1) is 6.42 Å². The molecule has 1 aromatic heterocycles. The Labute approximate surface area is 166 Å². The molecule has 0 spiro atoms.